The van der Waals surface area contributed by atoms with Crippen molar-refractivity contribution in [1.29, 1.82) is 0 Å². The lowest BCUT2D eigenvalue weighted by molar-refractivity contribution is 0.834. The summed E-state index contributed by atoms with van der Waals surface area (Å²) < 4.78 is 0. The Morgan fingerprint density at radius 3 is 2.58 bits per heavy atom. The maximum Gasteiger partial charge on any atom is 0.0429 e. The van der Waals surface area contributed by atoms with Crippen LogP contribution in [0.5, 0.6) is 0 Å². The number of hydrogen-bond acceptors (Lipinski definition) is 2. The van der Waals surface area contributed by atoms with E-state index in [0.29, 0.717) is 0 Å². The number of fused-ring (bicyclic) bond motifs is 1. The Bertz CT molecular complexity index is 596. The van der Waals surface area contributed by atoms with Crippen molar-refractivity contribution in [3.05, 3.63) is 58.7 Å². The lowest BCUT2D eigenvalue weighted by Crippen LogP contribution is -2.19. The fraction of sp³-hybridized carbons (Fsp3) is 0.294. The Balaban J connectivity index is 1.89. The van der Waals surface area contributed by atoms with E-state index < -0.39 is 0 Å². The molecule has 19 heavy (non-hydrogen) atoms. The van der Waals surface area contributed by atoms with Crippen molar-refractivity contribution in [1.82, 2.24) is 0 Å². The fourth-order valence-corrected chi connectivity index (χ4v) is 3.07. The summed E-state index contributed by atoms with van der Waals surface area (Å²) in [6.07, 6.45) is 1.06. The Morgan fingerprint density at radius 2 is 1.84 bits per heavy atom. The summed E-state index contributed by atoms with van der Waals surface area (Å²) in [5.41, 5.74) is 13.6. The number of benzene rings is 2. The predicted molar refractivity (Wildman–Crippen MR) is 81.5 cm³/mol. The van der Waals surface area contributed by atoms with Crippen LogP contribution in [0.1, 0.15) is 22.3 Å². The van der Waals surface area contributed by atoms with Crippen LogP contribution in [0.2, 0.25) is 0 Å². The van der Waals surface area contributed by atoms with Gasteiger partial charge in [-0.15, -0.1) is 0 Å². The van der Waals surface area contributed by atoms with E-state index in [2.05, 4.69) is 43.0 Å². The van der Waals surface area contributed by atoms with Gasteiger partial charge in [-0.1, -0.05) is 35.4 Å². The van der Waals surface area contributed by atoms with Gasteiger partial charge in [-0.2, -0.15) is 0 Å². The minimum absolute atomic E-state index is 0.931. The monoisotopic (exact) mass is 252 g/mol. The molecule has 2 aromatic rings. The van der Waals surface area contributed by atoms with Crippen LogP contribution in [-0.2, 0) is 13.0 Å². The van der Waals surface area contributed by atoms with E-state index >= 15 is 0 Å². The zero-order valence-corrected chi connectivity index (χ0v) is 11.6. The number of rotatable bonds is 2. The molecule has 98 valence electrons. The molecule has 2 nitrogen and oxygen atoms in total. The molecule has 1 heterocycles. The molecule has 1 aliphatic rings. The van der Waals surface area contributed by atoms with Crippen molar-refractivity contribution in [3.8, 4) is 0 Å². The zero-order chi connectivity index (χ0) is 13.4. The third-order valence-corrected chi connectivity index (χ3v) is 3.81. The molecule has 0 aliphatic carbocycles. The van der Waals surface area contributed by atoms with Gasteiger partial charge in [-0.25, -0.2) is 0 Å². The third-order valence-electron chi connectivity index (χ3n) is 3.81. The first kappa shape index (κ1) is 12.1. The fourth-order valence-electron chi connectivity index (χ4n) is 3.07. The van der Waals surface area contributed by atoms with E-state index in [1.807, 2.05) is 12.1 Å². The number of nitrogens with zero attached hydrogens (tertiary/aromatic N) is 1. The van der Waals surface area contributed by atoms with E-state index in [9.17, 15) is 0 Å². The number of hydrogen-bond donors (Lipinski definition) is 1. The van der Waals surface area contributed by atoms with Gasteiger partial charge in [0.2, 0.25) is 0 Å². The first-order valence-electron chi connectivity index (χ1n) is 6.83. The molecule has 0 saturated carbocycles. The molecule has 1 aliphatic heterocycles. The quantitative estimate of drug-likeness (QED) is 0.829. The molecule has 0 aromatic heterocycles. The highest BCUT2D eigenvalue weighted by Crippen LogP contribution is 2.33. The Hall–Kier alpha value is -1.96. The van der Waals surface area contributed by atoms with E-state index in [4.69, 9.17) is 5.73 Å². The largest absolute Gasteiger partial charge is 0.398 e. The summed E-state index contributed by atoms with van der Waals surface area (Å²) in [4.78, 5) is 2.43. The molecule has 0 amide bonds. The molecular formula is C17H20N2. The molecule has 0 fully saturated rings. The summed E-state index contributed by atoms with van der Waals surface area (Å²) in [7, 11) is 0. The number of nitrogens with two attached hydrogens (primary N) is 1. The van der Waals surface area contributed by atoms with Gasteiger partial charge in [-0.3, -0.25) is 0 Å². The lowest BCUT2D eigenvalue weighted by atomic mass is 10.1. The van der Waals surface area contributed by atoms with Crippen molar-refractivity contribution in [3.63, 3.8) is 0 Å². The topological polar surface area (TPSA) is 29.3 Å². The molecule has 0 spiro atoms. The number of anilines is 2. The first-order chi connectivity index (χ1) is 9.13. The van der Waals surface area contributed by atoms with Crippen molar-refractivity contribution in [2.75, 3.05) is 17.2 Å². The smallest absolute Gasteiger partial charge is 0.0429 e. The highest BCUT2D eigenvalue weighted by molar-refractivity contribution is 5.68. The molecule has 2 aromatic carbocycles. The minimum atomic E-state index is 0.931. The number of nitrogen functional groups attached to an aromatic ring is 1. The average Bonchev–Trinajstić information content (AvgIpc) is 2.73. The molecule has 0 bridgehead atoms. The lowest BCUT2D eigenvalue weighted by Gasteiger charge is -2.20. The summed E-state index contributed by atoms with van der Waals surface area (Å²) in [5, 5.41) is 0. The van der Waals surface area contributed by atoms with E-state index in [-0.39, 0.29) is 0 Å². The molecule has 2 N–H and O–H groups in total. The Kier molecular flexibility index (Phi) is 2.94. The minimum Gasteiger partial charge on any atom is -0.398 e. The molecule has 0 radical (unpaired) electrons. The van der Waals surface area contributed by atoms with Crippen LogP contribution >= 0.6 is 0 Å². The van der Waals surface area contributed by atoms with Crippen LogP contribution in [0.15, 0.2) is 36.4 Å². The Labute approximate surface area is 114 Å². The summed E-state index contributed by atoms with van der Waals surface area (Å²) >= 11 is 0. The maximum absolute atomic E-state index is 6.05. The summed E-state index contributed by atoms with van der Waals surface area (Å²) in [6.45, 7) is 6.36. The van der Waals surface area contributed by atoms with Crippen molar-refractivity contribution >= 4 is 11.4 Å². The number of aryl methyl sites for hydroxylation is 2. The van der Waals surface area contributed by atoms with Gasteiger partial charge in [0.15, 0.2) is 0 Å². The normalized spacial score (nSPS) is 13.7. The molecule has 0 unspecified atom stereocenters. The molecule has 3 rings (SSSR count). The van der Waals surface area contributed by atoms with Crippen molar-refractivity contribution in [2.45, 2.75) is 26.8 Å². The highest BCUT2D eigenvalue weighted by Gasteiger charge is 2.20. The van der Waals surface area contributed by atoms with Gasteiger partial charge in [-0.05, 0) is 38.0 Å². The standard InChI is InChI=1S/C17H20N2/c1-12-8-13(2)10-14(9-12)11-19-7-6-15-16(18)4-3-5-17(15)19/h3-5,8-10H,6-7,11,18H2,1-2H3. The van der Waals surface area contributed by atoms with Crippen molar-refractivity contribution in [2.24, 2.45) is 0 Å². The van der Waals surface area contributed by atoms with Gasteiger partial charge in [0.05, 0.1) is 0 Å². The predicted octanol–water partition coefficient (Wildman–Crippen LogP) is 3.45. The third kappa shape index (κ3) is 2.30. The maximum atomic E-state index is 6.05. The SMILES string of the molecule is Cc1cc(C)cc(CN2CCc3c(N)cccc32)c1. The molecule has 2 heteroatoms. The summed E-state index contributed by atoms with van der Waals surface area (Å²) in [6, 6.07) is 13.0. The second-order valence-electron chi connectivity index (χ2n) is 5.51. The van der Waals surface area contributed by atoms with Crippen LogP contribution in [0.25, 0.3) is 0 Å². The summed E-state index contributed by atoms with van der Waals surface area (Å²) in [5.74, 6) is 0. The molecular weight excluding hydrogens is 232 g/mol. The van der Waals surface area contributed by atoms with Gasteiger partial charge < -0.3 is 10.6 Å². The zero-order valence-electron chi connectivity index (χ0n) is 11.6. The van der Waals surface area contributed by atoms with Crippen LogP contribution in [0.3, 0.4) is 0 Å². The average molecular weight is 252 g/mol. The van der Waals surface area contributed by atoms with Gasteiger partial charge in [0.25, 0.3) is 0 Å². The highest BCUT2D eigenvalue weighted by atomic mass is 15.1. The van der Waals surface area contributed by atoms with Crippen LogP contribution < -0.4 is 10.6 Å². The molecule has 0 atom stereocenters. The van der Waals surface area contributed by atoms with E-state index in [1.165, 1.54) is 27.9 Å². The van der Waals surface area contributed by atoms with Crippen molar-refractivity contribution < 1.29 is 0 Å². The van der Waals surface area contributed by atoms with Crippen LogP contribution in [0, 0.1) is 13.8 Å². The second kappa shape index (κ2) is 4.61. The van der Waals surface area contributed by atoms with Gasteiger partial charge in [0, 0.05) is 30.0 Å². The van der Waals surface area contributed by atoms with Gasteiger partial charge >= 0.3 is 0 Å². The first-order valence-corrected chi connectivity index (χ1v) is 6.83. The molecule has 0 saturated heterocycles. The van der Waals surface area contributed by atoms with Crippen LogP contribution in [0.4, 0.5) is 11.4 Å². The van der Waals surface area contributed by atoms with Crippen LogP contribution in [-0.4, -0.2) is 6.54 Å². The van der Waals surface area contributed by atoms with Gasteiger partial charge in [0.1, 0.15) is 0 Å². The van der Waals surface area contributed by atoms with E-state index in [0.717, 1.165) is 25.2 Å². The van der Waals surface area contributed by atoms with E-state index in [1.54, 1.807) is 0 Å². The second-order valence-corrected chi connectivity index (χ2v) is 5.51. The Morgan fingerprint density at radius 1 is 1.11 bits per heavy atom.